The van der Waals surface area contributed by atoms with Gasteiger partial charge in [0.25, 0.3) is 0 Å². The van der Waals surface area contributed by atoms with Crippen molar-refractivity contribution in [1.29, 1.82) is 0 Å². The first kappa shape index (κ1) is 16.0. The van der Waals surface area contributed by atoms with E-state index in [2.05, 4.69) is 0 Å². The molecule has 3 heteroatoms. The lowest BCUT2D eigenvalue weighted by molar-refractivity contribution is -0.143. The van der Waals surface area contributed by atoms with Crippen LogP contribution in [-0.4, -0.2) is 17.3 Å². The van der Waals surface area contributed by atoms with Gasteiger partial charge in [-0.1, -0.05) is 41.5 Å². The number of hydrogen-bond donors (Lipinski definition) is 0. The quantitative estimate of drug-likeness (QED) is 0.710. The van der Waals surface area contributed by atoms with Crippen LogP contribution in [0.4, 0.5) is 0 Å². The second kappa shape index (κ2) is 5.11. The van der Waals surface area contributed by atoms with E-state index in [1.165, 1.54) is 6.92 Å². The standard InChI is InChI=1S/C14H24O3/c1-9(15)8-10(11(16)13(2,3)4)12(17)14(5,6)7/h10H,8H2,1-7H3. The van der Waals surface area contributed by atoms with Gasteiger partial charge in [0.15, 0.2) is 0 Å². The zero-order valence-corrected chi connectivity index (χ0v) is 12.0. The fourth-order valence-corrected chi connectivity index (χ4v) is 1.64. The average molecular weight is 240 g/mol. The highest BCUT2D eigenvalue weighted by atomic mass is 16.2. The third-order valence-electron chi connectivity index (χ3n) is 2.60. The predicted octanol–water partition coefficient (Wildman–Crippen LogP) is 2.81. The van der Waals surface area contributed by atoms with E-state index in [4.69, 9.17) is 0 Å². The number of rotatable bonds is 4. The monoisotopic (exact) mass is 240 g/mol. The molecule has 0 aromatic rings. The highest BCUT2D eigenvalue weighted by molar-refractivity contribution is 6.08. The molecule has 0 aromatic heterocycles. The van der Waals surface area contributed by atoms with Gasteiger partial charge in [0.05, 0.1) is 5.92 Å². The van der Waals surface area contributed by atoms with Crippen LogP contribution in [0.25, 0.3) is 0 Å². The molecule has 17 heavy (non-hydrogen) atoms. The van der Waals surface area contributed by atoms with Crippen LogP contribution in [0.2, 0.25) is 0 Å². The summed E-state index contributed by atoms with van der Waals surface area (Å²) >= 11 is 0. The van der Waals surface area contributed by atoms with Crippen molar-refractivity contribution < 1.29 is 14.4 Å². The van der Waals surface area contributed by atoms with Crippen molar-refractivity contribution in [1.82, 2.24) is 0 Å². The second-order valence-electron chi connectivity index (χ2n) is 6.69. The Morgan fingerprint density at radius 3 is 1.29 bits per heavy atom. The van der Waals surface area contributed by atoms with Gasteiger partial charge in [-0.25, -0.2) is 0 Å². The maximum Gasteiger partial charge on any atom is 0.149 e. The molecule has 0 N–H and O–H groups in total. The van der Waals surface area contributed by atoms with Crippen LogP contribution in [0.3, 0.4) is 0 Å². The molecule has 0 saturated heterocycles. The van der Waals surface area contributed by atoms with E-state index >= 15 is 0 Å². The zero-order valence-electron chi connectivity index (χ0n) is 12.0. The molecule has 0 rings (SSSR count). The minimum atomic E-state index is -0.799. The number of ketones is 3. The molecule has 0 aliphatic heterocycles. The van der Waals surface area contributed by atoms with Gasteiger partial charge in [0.1, 0.15) is 17.3 Å². The highest BCUT2D eigenvalue weighted by Gasteiger charge is 2.39. The molecule has 0 amide bonds. The van der Waals surface area contributed by atoms with Crippen molar-refractivity contribution in [2.75, 3.05) is 0 Å². The molecule has 0 bridgehead atoms. The van der Waals surface area contributed by atoms with Gasteiger partial charge in [0.2, 0.25) is 0 Å². The summed E-state index contributed by atoms with van der Waals surface area (Å²) in [5.41, 5.74) is -1.19. The summed E-state index contributed by atoms with van der Waals surface area (Å²) in [6.45, 7) is 12.1. The van der Waals surface area contributed by atoms with Crippen molar-refractivity contribution in [3.63, 3.8) is 0 Å². The van der Waals surface area contributed by atoms with Gasteiger partial charge < -0.3 is 0 Å². The third-order valence-corrected chi connectivity index (χ3v) is 2.60. The molecule has 0 atom stereocenters. The smallest absolute Gasteiger partial charge is 0.149 e. The van der Waals surface area contributed by atoms with Gasteiger partial charge in [-0.3, -0.25) is 14.4 Å². The number of carbonyl (C=O) groups is 3. The molecule has 0 radical (unpaired) electrons. The maximum absolute atomic E-state index is 12.2. The fraction of sp³-hybridized carbons (Fsp3) is 0.786. The topological polar surface area (TPSA) is 51.2 Å². The summed E-state index contributed by atoms with van der Waals surface area (Å²) < 4.78 is 0. The number of Topliss-reactive ketones (excluding diaryl/α,β-unsaturated/α-hetero) is 3. The molecule has 0 aliphatic carbocycles. The number of hydrogen-bond acceptors (Lipinski definition) is 3. The molecule has 0 heterocycles. The molecule has 0 spiro atoms. The lowest BCUT2D eigenvalue weighted by atomic mass is 9.73. The van der Waals surface area contributed by atoms with Gasteiger partial charge in [-0.05, 0) is 6.92 Å². The highest BCUT2D eigenvalue weighted by Crippen LogP contribution is 2.29. The number of carbonyl (C=O) groups excluding carboxylic acids is 3. The van der Waals surface area contributed by atoms with Crippen LogP contribution in [-0.2, 0) is 14.4 Å². The summed E-state index contributed by atoms with van der Waals surface area (Å²) in [6, 6.07) is 0. The van der Waals surface area contributed by atoms with Crippen molar-refractivity contribution in [3.05, 3.63) is 0 Å². The minimum absolute atomic E-state index is 0.0200. The predicted molar refractivity (Wildman–Crippen MR) is 67.7 cm³/mol. The largest absolute Gasteiger partial charge is 0.300 e. The molecule has 98 valence electrons. The first-order valence-electron chi connectivity index (χ1n) is 5.95. The Morgan fingerprint density at radius 2 is 1.12 bits per heavy atom. The molecule has 0 fully saturated rings. The SMILES string of the molecule is CC(=O)CC(C(=O)C(C)(C)C)C(=O)C(C)(C)C. The fourth-order valence-electron chi connectivity index (χ4n) is 1.64. The summed E-state index contributed by atoms with van der Waals surface area (Å²) in [5, 5.41) is 0. The van der Waals surface area contributed by atoms with Crippen molar-refractivity contribution >= 4 is 17.3 Å². The summed E-state index contributed by atoms with van der Waals surface area (Å²) in [7, 11) is 0. The van der Waals surface area contributed by atoms with Gasteiger partial charge in [0, 0.05) is 17.3 Å². The van der Waals surface area contributed by atoms with Crippen LogP contribution in [0.5, 0.6) is 0 Å². The Labute approximate surface area is 104 Å². The Balaban J connectivity index is 5.23. The maximum atomic E-state index is 12.2. The molecular weight excluding hydrogens is 216 g/mol. The van der Waals surface area contributed by atoms with Gasteiger partial charge >= 0.3 is 0 Å². The first-order valence-corrected chi connectivity index (χ1v) is 5.95. The first-order chi connectivity index (χ1) is 7.37. The summed E-state index contributed by atoms with van der Waals surface area (Å²) in [6.07, 6.45) is 0.0200. The van der Waals surface area contributed by atoms with Crippen LogP contribution >= 0.6 is 0 Å². The van der Waals surface area contributed by atoms with Crippen LogP contribution in [0.15, 0.2) is 0 Å². The van der Waals surface area contributed by atoms with E-state index in [1.54, 1.807) is 41.5 Å². The molecular formula is C14H24O3. The lowest BCUT2D eigenvalue weighted by Crippen LogP contribution is -2.40. The Kier molecular flexibility index (Phi) is 4.81. The van der Waals surface area contributed by atoms with Crippen LogP contribution < -0.4 is 0 Å². The lowest BCUT2D eigenvalue weighted by Gasteiger charge is -2.28. The van der Waals surface area contributed by atoms with Crippen molar-refractivity contribution in [2.24, 2.45) is 16.7 Å². The van der Waals surface area contributed by atoms with E-state index in [-0.39, 0.29) is 23.8 Å². The van der Waals surface area contributed by atoms with E-state index in [0.717, 1.165) is 0 Å². The van der Waals surface area contributed by atoms with E-state index in [1.807, 2.05) is 0 Å². The average Bonchev–Trinajstić information content (AvgIpc) is 2.08. The second-order valence-corrected chi connectivity index (χ2v) is 6.69. The molecule has 0 aliphatic rings. The Morgan fingerprint density at radius 1 is 0.824 bits per heavy atom. The minimum Gasteiger partial charge on any atom is -0.300 e. The van der Waals surface area contributed by atoms with Gasteiger partial charge in [-0.2, -0.15) is 0 Å². The van der Waals surface area contributed by atoms with Crippen LogP contribution in [0.1, 0.15) is 54.9 Å². The normalized spacial score (nSPS) is 12.7. The Hall–Kier alpha value is -0.990. The van der Waals surface area contributed by atoms with Crippen LogP contribution in [0, 0.1) is 16.7 Å². The van der Waals surface area contributed by atoms with Crippen molar-refractivity contribution in [3.8, 4) is 0 Å². The molecule has 0 aromatic carbocycles. The molecule has 0 saturated carbocycles. The summed E-state index contributed by atoms with van der Waals surface area (Å²) in [5.74, 6) is -1.21. The van der Waals surface area contributed by atoms with Crippen molar-refractivity contribution in [2.45, 2.75) is 54.9 Å². The summed E-state index contributed by atoms with van der Waals surface area (Å²) in [4.78, 5) is 35.6. The molecule has 3 nitrogen and oxygen atoms in total. The third kappa shape index (κ3) is 4.80. The van der Waals surface area contributed by atoms with E-state index in [9.17, 15) is 14.4 Å². The zero-order chi connectivity index (χ0) is 14.0. The Bertz CT molecular complexity index is 300. The van der Waals surface area contributed by atoms with E-state index < -0.39 is 16.7 Å². The van der Waals surface area contributed by atoms with E-state index in [0.29, 0.717) is 0 Å². The van der Waals surface area contributed by atoms with Gasteiger partial charge in [-0.15, -0.1) is 0 Å². The molecule has 0 unspecified atom stereocenters.